The molecule has 1 saturated heterocycles. The van der Waals surface area contributed by atoms with Gasteiger partial charge in [-0.1, -0.05) is 6.58 Å². The third-order valence-corrected chi connectivity index (χ3v) is 5.39. The van der Waals surface area contributed by atoms with Crippen molar-refractivity contribution in [2.24, 2.45) is 17.6 Å². The number of hydrogen-bond donors (Lipinski definition) is 3. The third kappa shape index (κ3) is 4.54. The highest BCUT2D eigenvalue weighted by Gasteiger charge is 2.47. The molecule has 1 atom stereocenters. The molecule has 0 bridgehead atoms. The number of allylic oxidation sites excluding steroid dienone is 2. The summed E-state index contributed by atoms with van der Waals surface area (Å²) < 4.78 is 78.5. The molecule has 0 aliphatic carbocycles. The van der Waals surface area contributed by atoms with Gasteiger partial charge in [-0.25, -0.2) is 4.98 Å². The fourth-order valence-electron chi connectivity index (χ4n) is 3.84. The molecular formula is C19H21F6N5. The van der Waals surface area contributed by atoms with Crippen molar-refractivity contribution in [2.45, 2.75) is 31.6 Å². The number of alkyl halides is 6. The fourth-order valence-corrected chi connectivity index (χ4v) is 3.84. The van der Waals surface area contributed by atoms with Crippen LogP contribution in [-0.2, 0) is 6.18 Å². The Morgan fingerprint density at radius 3 is 2.30 bits per heavy atom. The van der Waals surface area contributed by atoms with Crippen LogP contribution in [0.5, 0.6) is 0 Å². The second-order valence-electron chi connectivity index (χ2n) is 7.43. The van der Waals surface area contributed by atoms with Crippen LogP contribution < -0.4 is 16.0 Å². The summed E-state index contributed by atoms with van der Waals surface area (Å²) in [5, 5.41) is 11.0. The van der Waals surface area contributed by atoms with Gasteiger partial charge in [0.1, 0.15) is 11.5 Å². The van der Waals surface area contributed by atoms with Gasteiger partial charge in [-0.2, -0.15) is 26.3 Å². The summed E-state index contributed by atoms with van der Waals surface area (Å²) in [5.74, 6) is -2.51. The van der Waals surface area contributed by atoms with Gasteiger partial charge in [0.05, 0.1) is 17.8 Å². The van der Waals surface area contributed by atoms with E-state index in [0.29, 0.717) is 31.6 Å². The van der Waals surface area contributed by atoms with E-state index in [9.17, 15) is 26.3 Å². The highest BCUT2D eigenvalue weighted by Crippen LogP contribution is 2.41. The zero-order valence-corrected chi connectivity index (χ0v) is 15.9. The lowest BCUT2D eigenvalue weighted by Gasteiger charge is -2.37. The molecule has 1 unspecified atom stereocenters. The molecule has 3 heterocycles. The predicted molar refractivity (Wildman–Crippen MR) is 99.6 cm³/mol. The summed E-state index contributed by atoms with van der Waals surface area (Å²) in [6, 6.07) is 2.21. The molecule has 1 aromatic rings. The van der Waals surface area contributed by atoms with Crippen molar-refractivity contribution in [3.63, 3.8) is 0 Å². The van der Waals surface area contributed by atoms with Crippen LogP contribution in [0.3, 0.4) is 0 Å². The Kier molecular flexibility index (Phi) is 5.74. The van der Waals surface area contributed by atoms with Gasteiger partial charge >= 0.3 is 12.4 Å². The number of rotatable bonds is 3. The molecule has 1 fully saturated rings. The highest BCUT2D eigenvalue weighted by molar-refractivity contribution is 6.01. The number of nitrogens with zero attached hydrogens (tertiary/aromatic N) is 2. The standard InChI is InChI=1S/C19H21F6N5/c1-10-8-13(18(20,21)22)15(17(27)29-10)16(26)11-4-6-30(7-5-11)12-2-3-14(28-9-12)19(23,24)25/h2-3,9,11,13,26,29H,1,4-8,27H2. The summed E-state index contributed by atoms with van der Waals surface area (Å²) in [7, 11) is 0. The lowest BCUT2D eigenvalue weighted by atomic mass is 9.80. The number of hydrogen-bond acceptors (Lipinski definition) is 5. The molecule has 0 aromatic carbocycles. The van der Waals surface area contributed by atoms with Crippen LogP contribution in [0.4, 0.5) is 32.0 Å². The van der Waals surface area contributed by atoms with E-state index in [-0.39, 0.29) is 29.2 Å². The van der Waals surface area contributed by atoms with Gasteiger partial charge < -0.3 is 21.4 Å². The average Bonchev–Trinajstić information content (AvgIpc) is 2.66. The molecule has 2 aliphatic rings. The number of nitrogens with one attached hydrogen (secondary N) is 2. The van der Waals surface area contributed by atoms with Gasteiger partial charge in [0.15, 0.2) is 0 Å². The van der Waals surface area contributed by atoms with E-state index in [2.05, 4.69) is 16.9 Å². The lowest BCUT2D eigenvalue weighted by molar-refractivity contribution is -0.163. The van der Waals surface area contributed by atoms with Gasteiger partial charge in [0.25, 0.3) is 0 Å². The van der Waals surface area contributed by atoms with Gasteiger partial charge in [-0.3, -0.25) is 0 Å². The van der Waals surface area contributed by atoms with E-state index in [1.807, 2.05) is 0 Å². The van der Waals surface area contributed by atoms with E-state index in [0.717, 1.165) is 12.3 Å². The summed E-state index contributed by atoms with van der Waals surface area (Å²) in [4.78, 5) is 5.23. The van der Waals surface area contributed by atoms with Crippen LogP contribution in [-0.4, -0.2) is 30.0 Å². The molecule has 0 spiro atoms. The number of pyridine rings is 1. The molecule has 30 heavy (non-hydrogen) atoms. The van der Waals surface area contributed by atoms with Gasteiger partial charge in [0.2, 0.25) is 0 Å². The van der Waals surface area contributed by atoms with Crippen LogP contribution in [0, 0.1) is 17.2 Å². The largest absolute Gasteiger partial charge is 0.433 e. The fraction of sp³-hybridized carbons (Fsp3) is 0.474. The van der Waals surface area contributed by atoms with Gasteiger partial charge in [0, 0.05) is 42.4 Å². The quantitative estimate of drug-likeness (QED) is 0.494. The van der Waals surface area contributed by atoms with Crippen molar-refractivity contribution in [2.75, 3.05) is 18.0 Å². The first-order valence-corrected chi connectivity index (χ1v) is 9.26. The second-order valence-corrected chi connectivity index (χ2v) is 7.43. The Morgan fingerprint density at radius 1 is 1.17 bits per heavy atom. The van der Waals surface area contributed by atoms with Crippen molar-refractivity contribution in [3.8, 4) is 0 Å². The molecule has 3 rings (SSSR count). The van der Waals surface area contributed by atoms with Crippen LogP contribution in [0.2, 0.25) is 0 Å². The Bertz CT molecular complexity index is 848. The Morgan fingerprint density at radius 2 is 1.80 bits per heavy atom. The maximum atomic E-state index is 13.5. The SMILES string of the molecule is C=C1CC(C(F)(F)F)C(C(=N)C2CCN(c3ccc(C(F)(F)F)nc3)CC2)=C(N)N1. The normalized spacial score (nSPS) is 21.6. The van der Waals surface area contributed by atoms with Crippen molar-refractivity contribution in [1.82, 2.24) is 10.3 Å². The van der Waals surface area contributed by atoms with Crippen molar-refractivity contribution < 1.29 is 26.3 Å². The van der Waals surface area contributed by atoms with Crippen molar-refractivity contribution in [3.05, 3.63) is 47.7 Å². The Hall–Kier alpha value is -2.72. The zero-order valence-electron chi connectivity index (χ0n) is 15.9. The maximum absolute atomic E-state index is 13.5. The molecular weight excluding hydrogens is 412 g/mol. The Balaban J connectivity index is 1.70. The predicted octanol–water partition coefficient (Wildman–Crippen LogP) is 4.19. The second kappa shape index (κ2) is 7.84. The van der Waals surface area contributed by atoms with Crippen LogP contribution in [0.15, 0.2) is 42.0 Å². The summed E-state index contributed by atoms with van der Waals surface area (Å²) in [6.07, 6.45) is -7.57. The smallest absolute Gasteiger partial charge is 0.385 e. The number of anilines is 1. The minimum absolute atomic E-state index is 0.149. The summed E-state index contributed by atoms with van der Waals surface area (Å²) in [5.41, 5.74) is 5.04. The molecule has 2 aliphatic heterocycles. The van der Waals surface area contributed by atoms with Crippen LogP contribution in [0.25, 0.3) is 0 Å². The molecule has 5 nitrogen and oxygen atoms in total. The van der Waals surface area contributed by atoms with Crippen molar-refractivity contribution in [1.29, 1.82) is 5.41 Å². The zero-order chi connectivity index (χ0) is 22.3. The van der Waals surface area contributed by atoms with Crippen LogP contribution in [0.1, 0.15) is 25.0 Å². The molecule has 0 saturated carbocycles. The molecule has 0 radical (unpaired) electrons. The molecule has 11 heteroatoms. The van der Waals surface area contributed by atoms with E-state index < -0.39 is 29.9 Å². The van der Waals surface area contributed by atoms with Crippen molar-refractivity contribution >= 4 is 11.4 Å². The number of nitrogens with two attached hydrogens (primary N) is 1. The number of halogens is 6. The molecule has 1 aromatic heterocycles. The highest BCUT2D eigenvalue weighted by atomic mass is 19.4. The van der Waals surface area contributed by atoms with E-state index >= 15 is 0 Å². The van der Waals surface area contributed by atoms with Crippen LogP contribution >= 0.6 is 0 Å². The molecule has 0 amide bonds. The molecule has 4 N–H and O–H groups in total. The van der Waals surface area contributed by atoms with Gasteiger partial charge in [-0.15, -0.1) is 0 Å². The average molecular weight is 433 g/mol. The maximum Gasteiger partial charge on any atom is 0.433 e. The Labute approximate surface area is 169 Å². The van der Waals surface area contributed by atoms with E-state index in [1.165, 1.54) is 6.07 Å². The minimum atomic E-state index is -4.55. The van der Waals surface area contributed by atoms with E-state index in [4.69, 9.17) is 11.1 Å². The first kappa shape index (κ1) is 22.0. The summed E-state index contributed by atoms with van der Waals surface area (Å²) >= 11 is 0. The first-order chi connectivity index (χ1) is 13.9. The van der Waals surface area contributed by atoms with Gasteiger partial charge in [-0.05, 0) is 25.0 Å². The number of piperidine rings is 1. The minimum Gasteiger partial charge on any atom is -0.385 e. The lowest BCUT2D eigenvalue weighted by Crippen LogP contribution is -2.43. The first-order valence-electron chi connectivity index (χ1n) is 9.26. The third-order valence-electron chi connectivity index (χ3n) is 5.39. The monoisotopic (exact) mass is 433 g/mol. The molecule has 164 valence electrons. The topological polar surface area (TPSA) is 78.0 Å². The van der Waals surface area contributed by atoms with E-state index in [1.54, 1.807) is 4.90 Å². The summed E-state index contributed by atoms with van der Waals surface area (Å²) in [6.45, 7) is 4.28. The number of aromatic nitrogens is 1.